The van der Waals surface area contributed by atoms with Gasteiger partial charge in [-0.1, -0.05) is 65.8 Å². The summed E-state index contributed by atoms with van der Waals surface area (Å²) in [5.41, 5.74) is 1.07. The highest BCUT2D eigenvalue weighted by Gasteiger charge is 2.20. The fourth-order valence-electron chi connectivity index (χ4n) is 2.64. The lowest BCUT2D eigenvalue weighted by atomic mass is 10.1. The number of halogens is 1. The SMILES string of the molecule is CC(Sc1nnc(COc2ccccc2Cl)n1C)C(=O)NC(C)c1ccccc1. The summed E-state index contributed by atoms with van der Waals surface area (Å²) in [6, 6.07) is 17.1. The molecule has 0 aliphatic heterocycles. The zero-order chi connectivity index (χ0) is 20.8. The van der Waals surface area contributed by atoms with Crippen LogP contribution in [0.15, 0.2) is 59.8 Å². The lowest BCUT2D eigenvalue weighted by Gasteiger charge is -2.17. The normalized spacial score (nSPS) is 13.0. The number of carbonyl (C=O) groups excluding carboxylic acids is 1. The summed E-state index contributed by atoms with van der Waals surface area (Å²) in [5.74, 6) is 1.19. The average molecular weight is 431 g/mol. The Morgan fingerprint density at radius 2 is 1.83 bits per heavy atom. The number of aromatic nitrogens is 3. The second-order valence-electron chi connectivity index (χ2n) is 6.58. The van der Waals surface area contributed by atoms with Crippen LogP contribution in [0.4, 0.5) is 0 Å². The molecule has 8 heteroatoms. The number of carbonyl (C=O) groups is 1. The molecule has 1 amide bonds. The van der Waals surface area contributed by atoms with Crippen LogP contribution < -0.4 is 10.1 Å². The van der Waals surface area contributed by atoms with Gasteiger partial charge in [0.05, 0.1) is 16.3 Å². The highest BCUT2D eigenvalue weighted by Crippen LogP contribution is 2.25. The van der Waals surface area contributed by atoms with Crippen LogP contribution in [-0.4, -0.2) is 25.9 Å². The van der Waals surface area contributed by atoms with Crippen molar-refractivity contribution in [2.45, 2.75) is 36.9 Å². The van der Waals surface area contributed by atoms with Crippen molar-refractivity contribution in [1.82, 2.24) is 20.1 Å². The first-order valence-corrected chi connectivity index (χ1v) is 10.5. The molecule has 0 aliphatic carbocycles. The van der Waals surface area contributed by atoms with Crippen LogP contribution in [-0.2, 0) is 18.4 Å². The van der Waals surface area contributed by atoms with E-state index in [1.165, 1.54) is 11.8 Å². The van der Waals surface area contributed by atoms with E-state index >= 15 is 0 Å². The standard InChI is InChI=1S/C21H23ClN4O2S/c1-14(16-9-5-4-6-10-16)23-20(27)15(2)29-21-25-24-19(26(21)3)13-28-18-12-8-7-11-17(18)22/h4-12,14-15H,13H2,1-3H3,(H,23,27). The van der Waals surface area contributed by atoms with Gasteiger partial charge in [-0.15, -0.1) is 10.2 Å². The van der Waals surface area contributed by atoms with E-state index in [-0.39, 0.29) is 23.8 Å². The van der Waals surface area contributed by atoms with Crippen molar-refractivity contribution in [2.75, 3.05) is 0 Å². The van der Waals surface area contributed by atoms with Gasteiger partial charge in [-0.2, -0.15) is 0 Å². The van der Waals surface area contributed by atoms with Crippen molar-refractivity contribution in [2.24, 2.45) is 7.05 Å². The number of benzene rings is 2. The molecule has 0 saturated heterocycles. The van der Waals surface area contributed by atoms with Gasteiger partial charge in [-0.25, -0.2) is 0 Å². The smallest absolute Gasteiger partial charge is 0.233 e. The number of nitrogens with zero attached hydrogens (tertiary/aromatic N) is 3. The summed E-state index contributed by atoms with van der Waals surface area (Å²) < 4.78 is 7.55. The molecule has 29 heavy (non-hydrogen) atoms. The molecule has 1 aromatic heterocycles. The number of hydrogen-bond acceptors (Lipinski definition) is 5. The van der Waals surface area contributed by atoms with E-state index in [9.17, 15) is 4.79 Å². The third-order valence-electron chi connectivity index (χ3n) is 4.43. The molecule has 0 radical (unpaired) electrons. The van der Waals surface area contributed by atoms with Gasteiger partial charge in [0.1, 0.15) is 12.4 Å². The maximum atomic E-state index is 12.6. The van der Waals surface area contributed by atoms with Crippen LogP contribution in [0.3, 0.4) is 0 Å². The molecule has 152 valence electrons. The monoisotopic (exact) mass is 430 g/mol. The summed E-state index contributed by atoms with van der Waals surface area (Å²) in [4.78, 5) is 12.6. The van der Waals surface area contributed by atoms with E-state index in [0.717, 1.165) is 5.56 Å². The molecule has 6 nitrogen and oxygen atoms in total. The number of thioether (sulfide) groups is 1. The molecule has 1 N–H and O–H groups in total. The Labute approximate surface area is 179 Å². The van der Waals surface area contributed by atoms with E-state index in [0.29, 0.717) is 21.8 Å². The first-order valence-electron chi connectivity index (χ1n) is 9.23. The zero-order valence-corrected chi connectivity index (χ0v) is 18.1. The fraction of sp³-hybridized carbons (Fsp3) is 0.286. The number of rotatable bonds is 8. The van der Waals surface area contributed by atoms with E-state index in [1.807, 2.05) is 67.9 Å². The van der Waals surface area contributed by atoms with Gasteiger partial charge in [-0.05, 0) is 31.5 Å². The van der Waals surface area contributed by atoms with E-state index in [4.69, 9.17) is 16.3 Å². The van der Waals surface area contributed by atoms with Crippen LogP contribution in [0.25, 0.3) is 0 Å². The number of nitrogens with one attached hydrogen (secondary N) is 1. The fourth-order valence-corrected chi connectivity index (χ4v) is 3.68. The Kier molecular flexibility index (Phi) is 7.17. The predicted molar refractivity (Wildman–Crippen MR) is 115 cm³/mol. The topological polar surface area (TPSA) is 69.0 Å². The summed E-state index contributed by atoms with van der Waals surface area (Å²) in [6.07, 6.45) is 0. The lowest BCUT2D eigenvalue weighted by molar-refractivity contribution is -0.120. The van der Waals surface area contributed by atoms with Gasteiger partial charge in [0, 0.05) is 7.05 Å². The molecule has 2 atom stereocenters. The Morgan fingerprint density at radius 1 is 1.14 bits per heavy atom. The maximum absolute atomic E-state index is 12.6. The number of para-hydroxylation sites is 1. The minimum absolute atomic E-state index is 0.0526. The first kappa shape index (κ1) is 21.2. The number of amides is 1. The summed E-state index contributed by atoms with van der Waals surface area (Å²) in [7, 11) is 1.85. The third-order valence-corrected chi connectivity index (χ3v) is 5.87. The van der Waals surface area contributed by atoms with Gasteiger partial charge >= 0.3 is 0 Å². The van der Waals surface area contributed by atoms with Crippen molar-refractivity contribution >= 4 is 29.3 Å². The lowest BCUT2D eigenvalue weighted by Crippen LogP contribution is -2.33. The molecule has 0 fully saturated rings. The van der Waals surface area contributed by atoms with E-state index < -0.39 is 0 Å². The number of hydrogen-bond donors (Lipinski definition) is 1. The summed E-state index contributed by atoms with van der Waals surface area (Å²) in [6.45, 7) is 4.06. The molecule has 3 rings (SSSR count). The molecule has 0 spiro atoms. The largest absolute Gasteiger partial charge is 0.484 e. The number of ether oxygens (including phenoxy) is 1. The second-order valence-corrected chi connectivity index (χ2v) is 8.29. The minimum Gasteiger partial charge on any atom is -0.484 e. The molecular weight excluding hydrogens is 408 g/mol. The summed E-state index contributed by atoms with van der Waals surface area (Å²) in [5, 5.41) is 12.3. The van der Waals surface area contributed by atoms with Gasteiger partial charge in [0.25, 0.3) is 0 Å². The molecule has 1 heterocycles. The van der Waals surface area contributed by atoms with Gasteiger partial charge in [0.15, 0.2) is 11.0 Å². The predicted octanol–water partition coefficient (Wildman–Crippen LogP) is 4.41. The van der Waals surface area contributed by atoms with Crippen LogP contribution >= 0.6 is 23.4 Å². The van der Waals surface area contributed by atoms with Gasteiger partial charge in [0.2, 0.25) is 5.91 Å². The van der Waals surface area contributed by atoms with Crippen molar-refractivity contribution in [3.63, 3.8) is 0 Å². The average Bonchev–Trinajstić information content (AvgIpc) is 3.07. The highest BCUT2D eigenvalue weighted by atomic mass is 35.5. The second kappa shape index (κ2) is 9.80. The van der Waals surface area contributed by atoms with Crippen LogP contribution in [0, 0.1) is 0 Å². The Balaban J connectivity index is 1.57. The highest BCUT2D eigenvalue weighted by molar-refractivity contribution is 8.00. The van der Waals surface area contributed by atoms with E-state index in [1.54, 1.807) is 12.1 Å². The van der Waals surface area contributed by atoms with Crippen molar-refractivity contribution in [3.05, 3.63) is 71.0 Å². The van der Waals surface area contributed by atoms with Crippen molar-refractivity contribution in [3.8, 4) is 5.75 Å². The van der Waals surface area contributed by atoms with Crippen LogP contribution in [0.1, 0.15) is 31.3 Å². The van der Waals surface area contributed by atoms with Crippen molar-refractivity contribution < 1.29 is 9.53 Å². The van der Waals surface area contributed by atoms with Gasteiger partial charge in [-0.3, -0.25) is 4.79 Å². The molecule has 0 saturated carbocycles. The Bertz CT molecular complexity index is 964. The van der Waals surface area contributed by atoms with Gasteiger partial charge < -0.3 is 14.6 Å². The Hall–Kier alpha value is -2.51. The molecular formula is C21H23ClN4O2S. The minimum atomic E-state index is -0.318. The molecule has 2 unspecified atom stereocenters. The first-order chi connectivity index (χ1) is 14.0. The van der Waals surface area contributed by atoms with Crippen LogP contribution in [0.5, 0.6) is 5.75 Å². The Morgan fingerprint density at radius 3 is 2.55 bits per heavy atom. The van der Waals surface area contributed by atoms with Crippen LogP contribution in [0.2, 0.25) is 5.02 Å². The molecule has 0 aliphatic rings. The zero-order valence-electron chi connectivity index (χ0n) is 16.5. The maximum Gasteiger partial charge on any atom is 0.233 e. The third kappa shape index (κ3) is 5.52. The van der Waals surface area contributed by atoms with Crippen molar-refractivity contribution in [1.29, 1.82) is 0 Å². The molecule has 2 aromatic carbocycles. The summed E-state index contributed by atoms with van der Waals surface area (Å²) >= 11 is 7.47. The molecule has 0 bridgehead atoms. The quantitative estimate of drug-likeness (QED) is 0.536. The molecule has 3 aromatic rings. The van der Waals surface area contributed by atoms with E-state index in [2.05, 4.69) is 15.5 Å².